The minimum absolute atomic E-state index is 0.119. The first kappa shape index (κ1) is 33.9. The van der Waals surface area contributed by atoms with E-state index in [0.717, 1.165) is 17.1 Å². The number of fused-ring (bicyclic) bond motifs is 15. The van der Waals surface area contributed by atoms with Crippen molar-refractivity contribution in [2.45, 2.75) is 24.7 Å². The van der Waals surface area contributed by atoms with Crippen LogP contribution < -0.4 is 4.90 Å². The molecule has 9 aromatic rings. The summed E-state index contributed by atoms with van der Waals surface area (Å²) in [4.78, 5) is 2.47. The van der Waals surface area contributed by atoms with Crippen LogP contribution in [0.25, 0.3) is 55.6 Å². The zero-order valence-electron chi connectivity index (χ0n) is 33.2. The third-order valence-electron chi connectivity index (χ3n) is 13.5. The Labute approximate surface area is 346 Å². The van der Waals surface area contributed by atoms with E-state index in [1.54, 1.807) is 0 Å². The second-order valence-electron chi connectivity index (χ2n) is 16.8. The molecule has 3 aliphatic carbocycles. The van der Waals surface area contributed by atoms with Crippen molar-refractivity contribution in [1.29, 1.82) is 0 Å². The Bertz CT molecular complexity index is 3070. The van der Waals surface area contributed by atoms with Crippen molar-refractivity contribution in [1.82, 2.24) is 0 Å². The predicted molar refractivity (Wildman–Crippen MR) is 246 cm³/mol. The number of anilines is 3. The molecule has 0 aromatic heterocycles. The topological polar surface area (TPSA) is 3.24 Å². The normalized spacial score (nSPS) is 14.2. The Kier molecular flexibility index (Phi) is 7.26. The van der Waals surface area contributed by atoms with Crippen LogP contribution in [0.2, 0.25) is 0 Å². The lowest BCUT2D eigenvalue weighted by atomic mass is 9.66. The van der Waals surface area contributed by atoms with Crippen LogP contribution >= 0.6 is 0 Å². The minimum atomic E-state index is -0.512. The molecule has 59 heavy (non-hydrogen) atoms. The van der Waals surface area contributed by atoms with Crippen molar-refractivity contribution >= 4 is 17.1 Å². The lowest BCUT2D eigenvalue weighted by Gasteiger charge is -2.35. The van der Waals surface area contributed by atoms with Gasteiger partial charge in [0.15, 0.2) is 0 Å². The van der Waals surface area contributed by atoms with Crippen molar-refractivity contribution in [3.63, 3.8) is 0 Å². The molecule has 0 saturated heterocycles. The molecule has 0 bridgehead atoms. The quantitative estimate of drug-likeness (QED) is 0.173. The monoisotopic (exact) mass is 751 g/mol. The summed E-state index contributed by atoms with van der Waals surface area (Å²) in [6, 6.07) is 79.4. The summed E-state index contributed by atoms with van der Waals surface area (Å²) in [5.41, 5.74) is 23.6. The average Bonchev–Trinajstić information content (AvgIpc) is 3.67. The molecule has 0 fully saturated rings. The van der Waals surface area contributed by atoms with E-state index >= 15 is 0 Å². The van der Waals surface area contributed by atoms with E-state index in [1.165, 1.54) is 89.0 Å². The Hall–Kier alpha value is -7.22. The number of rotatable bonds is 4. The van der Waals surface area contributed by atoms with Gasteiger partial charge >= 0.3 is 0 Å². The lowest BCUT2D eigenvalue weighted by Crippen LogP contribution is -2.29. The molecular formula is C58H41N. The molecular weight excluding hydrogens is 711 g/mol. The van der Waals surface area contributed by atoms with Gasteiger partial charge in [-0.25, -0.2) is 0 Å². The van der Waals surface area contributed by atoms with Crippen LogP contribution in [-0.2, 0) is 10.8 Å². The Morgan fingerprint density at radius 2 is 0.661 bits per heavy atom. The molecule has 1 spiro atoms. The van der Waals surface area contributed by atoms with E-state index in [2.05, 4.69) is 231 Å². The maximum Gasteiger partial charge on any atom is 0.0725 e. The molecule has 0 saturated carbocycles. The van der Waals surface area contributed by atoms with Crippen molar-refractivity contribution < 1.29 is 0 Å². The molecule has 0 unspecified atom stereocenters. The number of hydrogen-bond donors (Lipinski definition) is 0. The summed E-state index contributed by atoms with van der Waals surface area (Å²) < 4.78 is 0. The van der Waals surface area contributed by atoms with E-state index < -0.39 is 5.41 Å². The average molecular weight is 752 g/mol. The highest BCUT2D eigenvalue weighted by Gasteiger charge is 2.49. The molecule has 1 nitrogen and oxygen atoms in total. The Morgan fingerprint density at radius 3 is 1.25 bits per heavy atom. The minimum Gasteiger partial charge on any atom is -0.310 e. The van der Waals surface area contributed by atoms with E-state index in [-0.39, 0.29) is 5.41 Å². The van der Waals surface area contributed by atoms with Gasteiger partial charge in [-0.3, -0.25) is 0 Å². The summed E-state index contributed by atoms with van der Waals surface area (Å²) in [5.74, 6) is 0. The summed E-state index contributed by atoms with van der Waals surface area (Å²) in [6.45, 7) is 4.74. The van der Waals surface area contributed by atoms with Crippen LogP contribution in [0.3, 0.4) is 0 Å². The van der Waals surface area contributed by atoms with Crippen LogP contribution in [0.15, 0.2) is 212 Å². The fraction of sp³-hybridized carbons (Fsp3) is 0.0690. The van der Waals surface area contributed by atoms with E-state index in [9.17, 15) is 0 Å². The largest absolute Gasteiger partial charge is 0.310 e. The van der Waals surface area contributed by atoms with Gasteiger partial charge in [-0.05, 0) is 125 Å². The molecule has 0 atom stereocenters. The molecule has 0 N–H and O–H groups in total. The fourth-order valence-corrected chi connectivity index (χ4v) is 10.9. The molecule has 0 radical (unpaired) electrons. The Balaban J connectivity index is 1.10. The van der Waals surface area contributed by atoms with Crippen LogP contribution in [-0.4, -0.2) is 0 Å². The molecule has 278 valence electrons. The number of hydrogen-bond acceptors (Lipinski definition) is 1. The highest BCUT2D eigenvalue weighted by atomic mass is 15.1. The van der Waals surface area contributed by atoms with Crippen molar-refractivity contribution in [3.8, 4) is 55.6 Å². The third-order valence-corrected chi connectivity index (χ3v) is 13.5. The molecule has 0 aliphatic heterocycles. The third kappa shape index (κ3) is 4.73. The Morgan fingerprint density at radius 1 is 0.271 bits per heavy atom. The van der Waals surface area contributed by atoms with E-state index in [0.29, 0.717) is 0 Å². The standard InChI is InChI=1S/C58H41N/c1-57(2)51-24-12-8-22-47(51)49-34-32-42(37-56(49)57)59(40-30-28-39(29-31-40)38-16-4-3-5-17-38)41-33-35-55-50(36-41)48-23-11-15-27-54(48)58(55)52-25-13-9-20-45(52)43-18-6-7-19-44(43)46-21-10-14-26-53(46)58/h3-37H,1-2H3. The van der Waals surface area contributed by atoms with E-state index in [1.807, 2.05) is 0 Å². The van der Waals surface area contributed by atoms with Crippen LogP contribution in [0.4, 0.5) is 17.1 Å². The van der Waals surface area contributed by atoms with Crippen LogP contribution in [0.1, 0.15) is 47.2 Å². The van der Waals surface area contributed by atoms with Gasteiger partial charge < -0.3 is 4.90 Å². The first-order valence-electron chi connectivity index (χ1n) is 20.8. The second-order valence-corrected chi connectivity index (χ2v) is 16.8. The zero-order valence-corrected chi connectivity index (χ0v) is 33.2. The molecule has 9 aromatic carbocycles. The van der Waals surface area contributed by atoms with Gasteiger partial charge in [0.25, 0.3) is 0 Å². The highest BCUT2D eigenvalue weighted by Crippen LogP contribution is 2.62. The molecule has 1 heteroatoms. The molecule has 12 rings (SSSR count). The first-order valence-corrected chi connectivity index (χ1v) is 20.8. The molecule has 0 amide bonds. The van der Waals surface area contributed by atoms with Gasteiger partial charge in [-0.15, -0.1) is 0 Å². The van der Waals surface area contributed by atoms with Crippen LogP contribution in [0.5, 0.6) is 0 Å². The second kappa shape index (κ2) is 12.6. The molecule has 3 aliphatic rings. The SMILES string of the molecule is CC1(C)c2ccccc2-c2ccc(N(c3ccc(-c4ccccc4)cc3)c3ccc4c(c3)-c3ccccc3C43c4ccccc4-c4ccccc4-c4ccccc43)cc21. The van der Waals surface area contributed by atoms with Crippen LogP contribution in [0, 0.1) is 0 Å². The zero-order chi connectivity index (χ0) is 39.3. The summed E-state index contributed by atoms with van der Waals surface area (Å²) in [7, 11) is 0. The maximum atomic E-state index is 2.47. The number of nitrogens with zero attached hydrogens (tertiary/aromatic N) is 1. The van der Waals surface area contributed by atoms with Gasteiger partial charge in [0, 0.05) is 22.5 Å². The van der Waals surface area contributed by atoms with Gasteiger partial charge in [0.1, 0.15) is 0 Å². The maximum absolute atomic E-state index is 2.47. The fourth-order valence-electron chi connectivity index (χ4n) is 10.9. The summed E-state index contributed by atoms with van der Waals surface area (Å²) in [6.07, 6.45) is 0. The van der Waals surface area contributed by atoms with Gasteiger partial charge in [-0.2, -0.15) is 0 Å². The number of benzene rings is 9. The smallest absolute Gasteiger partial charge is 0.0725 e. The predicted octanol–water partition coefficient (Wildman–Crippen LogP) is 15.1. The highest BCUT2D eigenvalue weighted by molar-refractivity contribution is 5.98. The van der Waals surface area contributed by atoms with Gasteiger partial charge in [-0.1, -0.05) is 190 Å². The van der Waals surface area contributed by atoms with Gasteiger partial charge in [0.05, 0.1) is 5.41 Å². The van der Waals surface area contributed by atoms with Crippen molar-refractivity contribution in [2.24, 2.45) is 0 Å². The first-order chi connectivity index (χ1) is 29.0. The lowest BCUT2D eigenvalue weighted by molar-refractivity contribution is 0.660. The van der Waals surface area contributed by atoms with Gasteiger partial charge in [0.2, 0.25) is 0 Å². The summed E-state index contributed by atoms with van der Waals surface area (Å²) >= 11 is 0. The summed E-state index contributed by atoms with van der Waals surface area (Å²) in [5, 5.41) is 0. The van der Waals surface area contributed by atoms with Crippen molar-refractivity contribution in [3.05, 3.63) is 246 Å². The van der Waals surface area contributed by atoms with Crippen molar-refractivity contribution in [2.75, 3.05) is 4.90 Å². The van der Waals surface area contributed by atoms with E-state index in [4.69, 9.17) is 0 Å². The molecule has 0 heterocycles.